The minimum absolute atomic E-state index is 0.118. The maximum Gasteiger partial charge on any atom is 0.349 e. The van der Waals surface area contributed by atoms with Crippen LogP contribution in [0.15, 0.2) is 29.6 Å². The van der Waals surface area contributed by atoms with Gasteiger partial charge in [-0.3, -0.25) is 9.36 Å². The van der Waals surface area contributed by atoms with Crippen LogP contribution in [0.3, 0.4) is 0 Å². The number of benzene rings is 1. The zero-order valence-electron chi connectivity index (χ0n) is 13.1. The molecule has 0 aliphatic carbocycles. The highest BCUT2D eigenvalue weighted by molar-refractivity contribution is 7.52. The third-order valence-electron chi connectivity index (χ3n) is 4.31. The van der Waals surface area contributed by atoms with Gasteiger partial charge in [0, 0.05) is 10.7 Å². The summed E-state index contributed by atoms with van der Waals surface area (Å²) in [5, 5.41) is 8.63. The topological polar surface area (TPSA) is 98.7 Å². The Morgan fingerprint density at radius 2 is 2.17 bits per heavy atom. The fourth-order valence-corrected chi connectivity index (χ4v) is 5.12. The van der Waals surface area contributed by atoms with E-state index in [9.17, 15) is 19.1 Å². The highest BCUT2D eigenvalue weighted by Gasteiger charge is 2.37. The summed E-state index contributed by atoms with van der Waals surface area (Å²) in [5.41, 5.74) is 0.883. The second-order valence-electron chi connectivity index (χ2n) is 6.09. The van der Waals surface area contributed by atoms with E-state index in [1.54, 1.807) is 11.3 Å². The van der Waals surface area contributed by atoms with Crippen molar-refractivity contribution in [1.82, 2.24) is 10.6 Å². The number of carbonyl (C=O) groups is 1. The zero-order valence-corrected chi connectivity index (χ0v) is 14.9. The number of piperidine rings is 1. The fraction of sp³-hybridized carbons (Fsp3) is 0.438. The molecule has 2 aromatic rings. The normalized spacial score (nSPS) is 20.0. The Hall–Kier alpha value is -1.24. The maximum atomic E-state index is 12.4. The number of nitrogens with one attached hydrogen (secondary N) is 2. The van der Waals surface area contributed by atoms with Gasteiger partial charge in [-0.2, -0.15) is 0 Å². The van der Waals surface area contributed by atoms with Crippen LogP contribution in [0.2, 0.25) is 0 Å². The van der Waals surface area contributed by atoms with Crippen LogP contribution in [-0.4, -0.2) is 34.1 Å². The summed E-state index contributed by atoms with van der Waals surface area (Å²) >= 11 is 1.56. The molecule has 0 saturated carbocycles. The molecular formula is C16H21N2O4PS. The minimum atomic E-state index is -4.43. The summed E-state index contributed by atoms with van der Waals surface area (Å²) in [4.78, 5) is 31.6. The zero-order chi connectivity index (χ0) is 17.2. The number of thiophene rings is 1. The van der Waals surface area contributed by atoms with Gasteiger partial charge in [0.1, 0.15) is 5.78 Å². The summed E-state index contributed by atoms with van der Waals surface area (Å²) in [6, 6.07) is 7.42. The van der Waals surface area contributed by atoms with Gasteiger partial charge < -0.3 is 20.4 Å². The summed E-state index contributed by atoms with van der Waals surface area (Å²) in [6.45, 7) is 0.714. The molecule has 2 heterocycles. The molecule has 0 bridgehead atoms. The van der Waals surface area contributed by atoms with Gasteiger partial charge in [-0.15, -0.1) is 11.3 Å². The number of fused-ring (bicyclic) bond motifs is 1. The van der Waals surface area contributed by atoms with E-state index in [0.717, 1.165) is 28.5 Å². The molecule has 1 fully saturated rings. The lowest BCUT2D eigenvalue weighted by molar-refractivity contribution is -0.121. The number of hydrogen-bond donors (Lipinski definition) is 4. The summed E-state index contributed by atoms with van der Waals surface area (Å²) in [5.74, 6) is -1.53. The van der Waals surface area contributed by atoms with Crippen molar-refractivity contribution in [2.75, 3.05) is 6.54 Å². The van der Waals surface area contributed by atoms with Gasteiger partial charge in [0.2, 0.25) is 5.91 Å². The molecular weight excluding hydrogens is 347 g/mol. The summed E-state index contributed by atoms with van der Waals surface area (Å²) < 4.78 is 12.9. The first-order valence-corrected chi connectivity index (χ1v) is 10.5. The smallest absolute Gasteiger partial charge is 0.340 e. The fourth-order valence-electron chi connectivity index (χ4n) is 3.13. The van der Waals surface area contributed by atoms with Crippen LogP contribution in [0.25, 0.3) is 10.1 Å². The van der Waals surface area contributed by atoms with Crippen molar-refractivity contribution in [3.63, 3.8) is 0 Å². The Morgan fingerprint density at radius 1 is 1.38 bits per heavy atom. The first-order chi connectivity index (χ1) is 11.4. The molecule has 1 amide bonds. The molecule has 1 aromatic heterocycles. The van der Waals surface area contributed by atoms with Crippen LogP contribution in [0.1, 0.15) is 24.8 Å². The van der Waals surface area contributed by atoms with Crippen molar-refractivity contribution in [1.29, 1.82) is 0 Å². The monoisotopic (exact) mass is 368 g/mol. The van der Waals surface area contributed by atoms with Crippen LogP contribution in [0.5, 0.6) is 0 Å². The van der Waals surface area contributed by atoms with E-state index in [-0.39, 0.29) is 18.4 Å². The van der Waals surface area contributed by atoms with Gasteiger partial charge in [0.05, 0.1) is 6.42 Å². The van der Waals surface area contributed by atoms with Crippen molar-refractivity contribution in [2.24, 2.45) is 0 Å². The van der Waals surface area contributed by atoms with Crippen molar-refractivity contribution in [3.05, 3.63) is 35.2 Å². The maximum absolute atomic E-state index is 12.4. The predicted octanol–water partition coefficient (Wildman–Crippen LogP) is 2.21. The van der Waals surface area contributed by atoms with Gasteiger partial charge in [-0.25, -0.2) is 0 Å². The van der Waals surface area contributed by atoms with E-state index in [4.69, 9.17) is 0 Å². The van der Waals surface area contributed by atoms with E-state index < -0.39 is 13.4 Å². The van der Waals surface area contributed by atoms with Crippen molar-refractivity contribution in [2.45, 2.75) is 37.5 Å². The van der Waals surface area contributed by atoms with Crippen LogP contribution < -0.4 is 10.6 Å². The van der Waals surface area contributed by atoms with E-state index >= 15 is 0 Å². The number of carbonyl (C=O) groups excluding carboxylic acids is 1. The average Bonchev–Trinajstić information content (AvgIpc) is 2.96. The molecule has 24 heavy (non-hydrogen) atoms. The SMILES string of the molecule is O=C(Cc1csc2ccccc12)NC(C1CCCCN1)P(=O)(O)O. The van der Waals surface area contributed by atoms with Crippen molar-refractivity contribution >= 4 is 34.9 Å². The van der Waals surface area contributed by atoms with Gasteiger partial charge in [-0.05, 0) is 41.8 Å². The van der Waals surface area contributed by atoms with Crippen LogP contribution in [0, 0.1) is 0 Å². The lowest BCUT2D eigenvalue weighted by atomic mass is 10.0. The van der Waals surface area contributed by atoms with E-state index in [1.165, 1.54) is 0 Å². The van der Waals surface area contributed by atoms with E-state index in [2.05, 4.69) is 10.6 Å². The first-order valence-electron chi connectivity index (χ1n) is 7.98. The molecule has 130 valence electrons. The molecule has 0 radical (unpaired) electrons. The second kappa shape index (κ2) is 7.33. The number of amides is 1. The molecule has 1 saturated heterocycles. The third kappa shape index (κ3) is 4.05. The lowest BCUT2D eigenvalue weighted by Crippen LogP contribution is -2.51. The minimum Gasteiger partial charge on any atom is -0.340 e. The molecule has 6 nitrogen and oxygen atoms in total. The lowest BCUT2D eigenvalue weighted by Gasteiger charge is -2.32. The quantitative estimate of drug-likeness (QED) is 0.607. The Kier molecular flexibility index (Phi) is 5.37. The number of hydrogen-bond acceptors (Lipinski definition) is 4. The molecule has 2 unspecified atom stereocenters. The van der Waals surface area contributed by atoms with Gasteiger partial charge >= 0.3 is 7.60 Å². The molecule has 8 heteroatoms. The summed E-state index contributed by atoms with van der Waals surface area (Å²) in [6.07, 6.45) is 2.66. The van der Waals surface area contributed by atoms with Crippen molar-refractivity contribution < 1.29 is 19.1 Å². The molecule has 3 rings (SSSR count). The predicted molar refractivity (Wildman–Crippen MR) is 95.1 cm³/mol. The Labute approximate surface area is 144 Å². The Balaban J connectivity index is 1.72. The highest BCUT2D eigenvalue weighted by atomic mass is 32.1. The van der Waals surface area contributed by atoms with E-state index in [1.807, 2.05) is 29.6 Å². The molecule has 1 aliphatic rings. The Morgan fingerprint density at radius 3 is 2.88 bits per heavy atom. The van der Waals surface area contributed by atoms with Crippen LogP contribution in [-0.2, 0) is 15.8 Å². The summed E-state index contributed by atoms with van der Waals surface area (Å²) in [7, 11) is -4.43. The van der Waals surface area contributed by atoms with Gasteiger partial charge in [-0.1, -0.05) is 24.6 Å². The molecule has 1 aromatic carbocycles. The van der Waals surface area contributed by atoms with Crippen LogP contribution in [0.4, 0.5) is 0 Å². The standard InChI is InChI=1S/C16H21N2O4PS/c19-15(9-11-10-24-14-7-2-1-5-12(11)14)18-16(23(20,21)22)13-6-3-4-8-17-13/h1-2,5,7,10,13,16-17H,3-4,6,8-9H2,(H,18,19)(H2,20,21,22). The number of rotatable bonds is 5. The van der Waals surface area contributed by atoms with E-state index in [0.29, 0.717) is 13.0 Å². The average molecular weight is 368 g/mol. The van der Waals surface area contributed by atoms with Crippen LogP contribution >= 0.6 is 18.9 Å². The first kappa shape index (κ1) is 17.6. The van der Waals surface area contributed by atoms with Gasteiger partial charge in [0.25, 0.3) is 0 Å². The largest absolute Gasteiger partial charge is 0.349 e. The molecule has 2 atom stereocenters. The molecule has 0 spiro atoms. The second-order valence-corrected chi connectivity index (χ2v) is 8.74. The Bertz CT molecular complexity index is 766. The molecule has 1 aliphatic heterocycles. The van der Waals surface area contributed by atoms with Gasteiger partial charge in [0.15, 0.2) is 0 Å². The van der Waals surface area contributed by atoms with Crippen molar-refractivity contribution in [3.8, 4) is 0 Å². The third-order valence-corrected chi connectivity index (χ3v) is 6.54. The molecule has 4 N–H and O–H groups in total. The highest BCUT2D eigenvalue weighted by Crippen LogP contribution is 2.42.